The van der Waals surface area contributed by atoms with Crippen LogP contribution in [0.4, 0.5) is 0 Å². The van der Waals surface area contributed by atoms with Crippen LogP contribution in [0.3, 0.4) is 0 Å². The normalized spacial score (nSPS) is 12.7. The number of hydrogen-bond donors (Lipinski definition) is 1. The predicted octanol–water partition coefficient (Wildman–Crippen LogP) is 1.77. The average molecular weight is 194 g/mol. The fraction of sp³-hybridized carbons (Fsp3) is 0.545. The molecule has 0 amide bonds. The lowest BCUT2D eigenvalue weighted by atomic mass is 10.1. The maximum atomic E-state index is 4.98. The lowest BCUT2D eigenvalue weighted by molar-refractivity contribution is 0.193. The van der Waals surface area contributed by atoms with E-state index in [9.17, 15) is 0 Å². The minimum Gasteiger partial charge on any atom is -0.385 e. The first-order chi connectivity index (χ1) is 6.84. The summed E-state index contributed by atoms with van der Waals surface area (Å²) in [5, 5.41) is 3.41. The maximum absolute atomic E-state index is 4.98. The van der Waals surface area contributed by atoms with Crippen molar-refractivity contribution in [3.63, 3.8) is 0 Å². The molecule has 78 valence electrons. The molecule has 1 aromatic heterocycles. The highest BCUT2D eigenvalue weighted by Crippen LogP contribution is 2.08. The molecule has 14 heavy (non-hydrogen) atoms. The van der Waals surface area contributed by atoms with Crippen molar-refractivity contribution in [3.05, 3.63) is 30.1 Å². The molecule has 1 N–H and O–H groups in total. The second-order valence-corrected chi connectivity index (χ2v) is 3.31. The Kier molecular flexibility index (Phi) is 5.19. The van der Waals surface area contributed by atoms with Crippen LogP contribution in [-0.4, -0.2) is 25.2 Å². The minimum absolute atomic E-state index is 0.362. The molecule has 0 aliphatic carbocycles. The number of nitrogens with zero attached hydrogens (tertiary/aromatic N) is 1. The zero-order valence-corrected chi connectivity index (χ0v) is 8.86. The van der Waals surface area contributed by atoms with Crippen LogP contribution in [0.2, 0.25) is 0 Å². The zero-order chi connectivity index (χ0) is 10.2. The molecule has 1 rings (SSSR count). The van der Waals surface area contributed by atoms with Crippen LogP contribution < -0.4 is 5.32 Å². The molecule has 0 aromatic carbocycles. The Morgan fingerprint density at radius 3 is 3.07 bits per heavy atom. The molecule has 0 aliphatic heterocycles. The largest absolute Gasteiger partial charge is 0.385 e. The van der Waals surface area contributed by atoms with Gasteiger partial charge in [-0.15, -0.1) is 0 Å². The van der Waals surface area contributed by atoms with Gasteiger partial charge in [-0.05, 0) is 31.5 Å². The third-order valence-electron chi connectivity index (χ3n) is 2.16. The number of rotatable bonds is 6. The second-order valence-electron chi connectivity index (χ2n) is 3.31. The maximum Gasteiger partial charge on any atom is 0.0474 e. The Labute approximate surface area is 85.5 Å². The van der Waals surface area contributed by atoms with Crippen molar-refractivity contribution in [2.75, 3.05) is 20.3 Å². The van der Waals surface area contributed by atoms with Crippen LogP contribution in [0.5, 0.6) is 0 Å². The lowest BCUT2D eigenvalue weighted by Crippen LogP contribution is -2.20. The summed E-state index contributed by atoms with van der Waals surface area (Å²) in [7, 11) is 1.73. The molecule has 3 nitrogen and oxygen atoms in total. The molecule has 3 heteroatoms. The quantitative estimate of drug-likeness (QED) is 0.701. The molecule has 1 aromatic rings. The molecule has 1 heterocycles. The van der Waals surface area contributed by atoms with Crippen LogP contribution in [0, 0.1) is 0 Å². The topological polar surface area (TPSA) is 34.1 Å². The Hall–Kier alpha value is -0.930. The summed E-state index contributed by atoms with van der Waals surface area (Å²) in [4.78, 5) is 4.09. The second kappa shape index (κ2) is 6.51. The highest BCUT2D eigenvalue weighted by molar-refractivity contribution is 5.12. The number of methoxy groups -OCH3 is 1. The molecular weight excluding hydrogens is 176 g/mol. The van der Waals surface area contributed by atoms with Gasteiger partial charge in [-0.25, -0.2) is 0 Å². The van der Waals surface area contributed by atoms with Gasteiger partial charge < -0.3 is 10.1 Å². The van der Waals surface area contributed by atoms with Crippen molar-refractivity contribution in [2.45, 2.75) is 19.4 Å². The Morgan fingerprint density at radius 2 is 2.43 bits per heavy atom. The number of nitrogens with one attached hydrogen (secondary N) is 1. The van der Waals surface area contributed by atoms with Crippen molar-refractivity contribution in [1.82, 2.24) is 10.3 Å². The number of ether oxygens (including phenoxy) is 1. The van der Waals surface area contributed by atoms with Gasteiger partial charge in [-0.1, -0.05) is 6.07 Å². The molecule has 0 spiro atoms. The highest BCUT2D eigenvalue weighted by atomic mass is 16.5. The van der Waals surface area contributed by atoms with Crippen molar-refractivity contribution in [2.24, 2.45) is 0 Å². The van der Waals surface area contributed by atoms with Crippen LogP contribution in [-0.2, 0) is 4.74 Å². The smallest absolute Gasteiger partial charge is 0.0474 e. The van der Waals surface area contributed by atoms with E-state index in [1.165, 1.54) is 5.56 Å². The fourth-order valence-electron chi connectivity index (χ4n) is 1.29. The van der Waals surface area contributed by atoms with E-state index in [4.69, 9.17) is 4.74 Å². The van der Waals surface area contributed by atoms with Gasteiger partial charge in [0.25, 0.3) is 0 Å². The van der Waals surface area contributed by atoms with Gasteiger partial charge in [0.05, 0.1) is 0 Å². The van der Waals surface area contributed by atoms with E-state index >= 15 is 0 Å². The van der Waals surface area contributed by atoms with Gasteiger partial charge in [-0.3, -0.25) is 4.98 Å². The molecule has 0 bridgehead atoms. The average Bonchev–Trinajstić information content (AvgIpc) is 2.25. The summed E-state index contributed by atoms with van der Waals surface area (Å²) >= 11 is 0. The molecule has 1 unspecified atom stereocenters. The molecule has 0 radical (unpaired) electrons. The summed E-state index contributed by atoms with van der Waals surface area (Å²) in [6.07, 6.45) is 4.73. The van der Waals surface area contributed by atoms with Crippen molar-refractivity contribution >= 4 is 0 Å². The zero-order valence-electron chi connectivity index (χ0n) is 8.86. The molecule has 0 aliphatic rings. The number of aromatic nitrogens is 1. The Bertz CT molecular complexity index is 238. The first kappa shape index (κ1) is 11.1. The summed E-state index contributed by atoms with van der Waals surface area (Å²) in [6, 6.07) is 4.41. The van der Waals surface area contributed by atoms with Crippen LogP contribution >= 0.6 is 0 Å². The summed E-state index contributed by atoms with van der Waals surface area (Å²) in [6.45, 7) is 3.93. The van der Waals surface area contributed by atoms with E-state index in [-0.39, 0.29) is 0 Å². The van der Waals surface area contributed by atoms with E-state index in [1.807, 2.05) is 12.3 Å². The molecule has 0 fully saturated rings. The Morgan fingerprint density at radius 1 is 1.57 bits per heavy atom. The predicted molar refractivity (Wildman–Crippen MR) is 57.1 cm³/mol. The number of hydrogen-bond acceptors (Lipinski definition) is 3. The SMILES string of the molecule is COCCCNC(C)c1cccnc1. The van der Waals surface area contributed by atoms with Gasteiger partial charge in [-0.2, -0.15) is 0 Å². The lowest BCUT2D eigenvalue weighted by Gasteiger charge is -2.13. The van der Waals surface area contributed by atoms with Crippen LogP contribution in [0.15, 0.2) is 24.5 Å². The Balaban J connectivity index is 2.25. The number of pyridine rings is 1. The molecule has 1 atom stereocenters. The minimum atomic E-state index is 0.362. The van der Waals surface area contributed by atoms with Crippen LogP contribution in [0.1, 0.15) is 24.9 Å². The standard InChI is InChI=1S/C11H18N2O/c1-10(13-7-4-8-14-2)11-5-3-6-12-9-11/h3,5-6,9-10,13H,4,7-8H2,1-2H3. The van der Waals surface area contributed by atoms with Gasteiger partial charge in [0.15, 0.2) is 0 Å². The first-order valence-corrected chi connectivity index (χ1v) is 4.97. The molecule has 0 saturated carbocycles. The van der Waals surface area contributed by atoms with E-state index in [2.05, 4.69) is 23.3 Å². The van der Waals surface area contributed by atoms with E-state index in [0.717, 1.165) is 19.6 Å². The van der Waals surface area contributed by atoms with Crippen LogP contribution in [0.25, 0.3) is 0 Å². The summed E-state index contributed by atoms with van der Waals surface area (Å²) in [5.74, 6) is 0. The van der Waals surface area contributed by atoms with Gasteiger partial charge >= 0.3 is 0 Å². The van der Waals surface area contributed by atoms with Gasteiger partial charge in [0, 0.05) is 32.2 Å². The molecular formula is C11H18N2O. The van der Waals surface area contributed by atoms with E-state index in [1.54, 1.807) is 13.3 Å². The molecule has 0 saturated heterocycles. The van der Waals surface area contributed by atoms with Gasteiger partial charge in [0.1, 0.15) is 0 Å². The van der Waals surface area contributed by atoms with Crippen molar-refractivity contribution in [3.8, 4) is 0 Å². The third-order valence-corrected chi connectivity index (χ3v) is 2.16. The third kappa shape index (κ3) is 3.85. The van der Waals surface area contributed by atoms with E-state index < -0.39 is 0 Å². The van der Waals surface area contributed by atoms with Gasteiger partial charge in [0.2, 0.25) is 0 Å². The van der Waals surface area contributed by atoms with Crippen molar-refractivity contribution < 1.29 is 4.74 Å². The fourth-order valence-corrected chi connectivity index (χ4v) is 1.29. The highest BCUT2D eigenvalue weighted by Gasteiger charge is 2.02. The summed E-state index contributed by atoms with van der Waals surface area (Å²) < 4.78 is 4.98. The van der Waals surface area contributed by atoms with Crippen molar-refractivity contribution in [1.29, 1.82) is 0 Å². The van der Waals surface area contributed by atoms with E-state index in [0.29, 0.717) is 6.04 Å². The summed E-state index contributed by atoms with van der Waals surface area (Å²) in [5.41, 5.74) is 1.23. The monoisotopic (exact) mass is 194 g/mol. The first-order valence-electron chi connectivity index (χ1n) is 4.97.